The van der Waals surface area contributed by atoms with E-state index in [-0.39, 0.29) is 17.9 Å². The molecule has 2 heterocycles. The Morgan fingerprint density at radius 1 is 1.10 bits per heavy atom. The van der Waals surface area contributed by atoms with Gasteiger partial charge in [-0.3, -0.25) is 0 Å². The first-order chi connectivity index (χ1) is 14.0. The summed E-state index contributed by atoms with van der Waals surface area (Å²) >= 11 is 0. The number of nitrogens with zero attached hydrogens (tertiary/aromatic N) is 3. The van der Waals surface area contributed by atoms with E-state index in [0.717, 1.165) is 12.8 Å². The van der Waals surface area contributed by atoms with Gasteiger partial charge in [-0.2, -0.15) is 0 Å². The van der Waals surface area contributed by atoms with Gasteiger partial charge >= 0.3 is 6.03 Å². The molecule has 1 fully saturated rings. The highest BCUT2D eigenvalue weighted by atomic mass is 16.5. The Bertz CT molecular complexity index is 818. The number of methoxy groups -OCH3 is 3. The van der Waals surface area contributed by atoms with Crippen LogP contribution in [0.4, 0.5) is 10.5 Å². The van der Waals surface area contributed by atoms with Gasteiger partial charge in [-0.1, -0.05) is 13.8 Å². The molecule has 0 unspecified atom stereocenters. The van der Waals surface area contributed by atoms with Crippen LogP contribution >= 0.6 is 0 Å². The number of carbonyl (C=O) groups is 1. The lowest BCUT2D eigenvalue weighted by Gasteiger charge is -2.30. The fraction of sp³-hybridized carbons (Fsp3) is 0.550. The van der Waals surface area contributed by atoms with Crippen LogP contribution < -0.4 is 19.5 Å². The summed E-state index contributed by atoms with van der Waals surface area (Å²) < 4.78 is 21.7. The zero-order valence-corrected chi connectivity index (χ0v) is 17.5. The zero-order chi connectivity index (χ0) is 21.0. The number of nitrogens with one attached hydrogen (secondary N) is 1. The molecule has 0 radical (unpaired) electrons. The van der Waals surface area contributed by atoms with Crippen LogP contribution in [-0.4, -0.2) is 55.5 Å². The van der Waals surface area contributed by atoms with Crippen molar-refractivity contribution in [3.8, 4) is 17.2 Å². The summed E-state index contributed by atoms with van der Waals surface area (Å²) in [5, 5.41) is 11.2. The second kappa shape index (κ2) is 9.02. The largest absolute Gasteiger partial charge is 0.493 e. The predicted molar refractivity (Wildman–Crippen MR) is 107 cm³/mol. The Balaban J connectivity index is 1.62. The van der Waals surface area contributed by atoms with E-state index < -0.39 is 0 Å². The lowest BCUT2D eigenvalue weighted by Crippen LogP contribution is -2.40. The molecule has 0 bridgehead atoms. The van der Waals surface area contributed by atoms with Gasteiger partial charge in [0.15, 0.2) is 11.5 Å². The van der Waals surface area contributed by atoms with Crippen molar-refractivity contribution in [3.05, 3.63) is 23.9 Å². The molecule has 0 spiro atoms. The maximum Gasteiger partial charge on any atom is 0.321 e. The van der Waals surface area contributed by atoms with Crippen molar-refractivity contribution in [2.45, 2.75) is 38.5 Å². The lowest BCUT2D eigenvalue weighted by molar-refractivity contribution is 0.189. The van der Waals surface area contributed by atoms with Gasteiger partial charge in [-0.05, 0) is 12.8 Å². The molecule has 1 aromatic carbocycles. The second-order valence-corrected chi connectivity index (χ2v) is 7.24. The number of ether oxygens (including phenoxy) is 3. The Morgan fingerprint density at radius 3 is 2.21 bits per heavy atom. The molecule has 9 heteroatoms. The van der Waals surface area contributed by atoms with Crippen molar-refractivity contribution in [1.82, 2.24) is 15.1 Å². The van der Waals surface area contributed by atoms with Gasteiger partial charge in [0.1, 0.15) is 0 Å². The second-order valence-electron chi connectivity index (χ2n) is 7.24. The molecule has 0 aliphatic carbocycles. The van der Waals surface area contributed by atoms with Crippen molar-refractivity contribution in [3.63, 3.8) is 0 Å². The average Bonchev–Trinajstić information content (AvgIpc) is 3.23. The summed E-state index contributed by atoms with van der Waals surface area (Å²) in [5.74, 6) is 3.16. The molecule has 9 nitrogen and oxygen atoms in total. The van der Waals surface area contributed by atoms with E-state index in [0.29, 0.717) is 47.8 Å². The van der Waals surface area contributed by atoms with E-state index in [1.165, 1.54) is 21.3 Å². The molecule has 29 heavy (non-hydrogen) atoms. The zero-order valence-electron chi connectivity index (χ0n) is 17.5. The summed E-state index contributed by atoms with van der Waals surface area (Å²) in [6.45, 7) is 5.27. The molecule has 1 aliphatic rings. The molecular formula is C20H28N4O5. The third kappa shape index (κ3) is 4.55. The SMILES string of the molecule is COc1cc(NC(=O)N2CCC(c3nnc(C(C)C)o3)CC2)cc(OC)c1OC. The van der Waals surface area contributed by atoms with E-state index in [9.17, 15) is 4.79 Å². The first kappa shape index (κ1) is 20.8. The number of anilines is 1. The van der Waals surface area contributed by atoms with Gasteiger partial charge in [0.2, 0.25) is 17.5 Å². The summed E-state index contributed by atoms with van der Waals surface area (Å²) in [6.07, 6.45) is 1.56. The molecule has 1 aliphatic heterocycles. The fourth-order valence-electron chi connectivity index (χ4n) is 3.33. The summed E-state index contributed by atoms with van der Waals surface area (Å²) in [5.41, 5.74) is 0.574. The van der Waals surface area contributed by atoms with E-state index in [1.54, 1.807) is 17.0 Å². The molecule has 2 aromatic rings. The van der Waals surface area contributed by atoms with Crippen LogP contribution in [0.2, 0.25) is 0 Å². The number of benzene rings is 1. The highest BCUT2D eigenvalue weighted by molar-refractivity contribution is 5.90. The van der Waals surface area contributed by atoms with E-state index in [1.807, 2.05) is 13.8 Å². The van der Waals surface area contributed by atoms with E-state index >= 15 is 0 Å². The smallest absolute Gasteiger partial charge is 0.321 e. The summed E-state index contributed by atoms with van der Waals surface area (Å²) in [4.78, 5) is 14.5. The number of amides is 2. The normalized spacial score (nSPS) is 14.8. The number of carbonyl (C=O) groups excluding carboxylic acids is 1. The number of urea groups is 1. The first-order valence-corrected chi connectivity index (χ1v) is 9.66. The third-order valence-electron chi connectivity index (χ3n) is 5.00. The van der Waals surface area contributed by atoms with Crippen molar-refractivity contribution in [2.75, 3.05) is 39.7 Å². The number of rotatable bonds is 6. The maximum atomic E-state index is 12.7. The van der Waals surface area contributed by atoms with Crippen molar-refractivity contribution in [1.29, 1.82) is 0 Å². The Morgan fingerprint density at radius 2 is 1.72 bits per heavy atom. The minimum atomic E-state index is -0.175. The maximum absolute atomic E-state index is 12.7. The van der Waals surface area contributed by atoms with E-state index in [4.69, 9.17) is 18.6 Å². The van der Waals surface area contributed by atoms with E-state index in [2.05, 4.69) is 15.5 Å². The van der Waals surface area contributed by atoms with Gasteiger partial charge in [-0.15, -0.1) is 10.2 Å². The number of likely N-dealkylation sites (tertiary alicyclic amines) is 1. The highest BCUT2D eigenvalue weighted by Crippen LogP contribution is 2.40. The molecule has 1 aromatic heterocycles. The Hall–Kier alpha value is -2.97. The Kier molecular flexibility index (Phi) is 6.46. The molecular weight excluding hydrogens is 376 g/mol. The van der Waals surface area contributed by atoms with Crippen molar-refractivity contribution >= 4 is 11.7 Å². The summed E-state index contributed by atoms with van der Waals surface area (Å²) in [7, 11) is 4.61. The van der Waals surface area contributed by atoms with Crippen LogP contribution in [0.3, 0.4) is 0 Å². The van der Waals surface area contributed by atoms with Crippen LogP contribution in [-0.2, 0) is 0 Å². The van der Waals surface area contributed by atoms with Crippen LogP contribution in [0.5, 0.6) is 17.2 Å². The van der Waals surface area contributed by atoms with Crippen molar-refractivity contribution < 1.29 is 23.4 Å². The quantitative estimate of drug-likeness (QED) is 0.785. The van der Waals surface area contributed by atoms with Gasteiger partial charge in [0.25, 0.3) is 0 Å². The third-order valence-corrected chi connectivity index (χ3v) is 5.00. The molecule has 3 rings (SSSR count). The topological polar surface area (TPSA) is 99.0 Å². The molecule has 2 amide bonds. The number of piperidine rings is 1. The van der Waals surface area contributed by atoms with Gasteiger partial charge in [0, 0.05) is 37.1 Å². The predicted octanol–water partition coefficient (Wildman–Crippen LogP) is 3.63. The van der Waals surface area contributed by atoms with Crippen LogP contribution in [0.15, 0.2) is 16.5 Å². The molecule has 0 atom stereocenters. The molecule has 0 saturated carbocycles. The molecule has 158 valence electrons. The van der Waals surface area contributed by atoms with Crippen LogP contribution in [0.1, 0.15) is 50.3 Å². The first-order valence-electron chi connectivity index (χ1n) is 9.66. The fourth-order valence-corrected chi connectivity index (χ4v) is 3.33. The monoisotopic (exact) mass is 404 g/mol. The van der Waals surface area contributed by atoms with Crippen LogP contribution in [0.25, 0.3) is 0 Å². The van der Waals surface area contributed by atoms with Gasteiger partial charge in [0.05, 0.1) is 27.0 Å². The van der Waals surface area contributed by atoms with Gasteiger partial charge < -0.3 is 28.8 Å². The minimum absolute atomic E-state index is 0.175. The number of hydrogen-bond acceptors (Lipinski definition) is 7. The number of aromatic nitrogens is 2. The highest BCUT2D eigenvalue weighted by Gasteiger charge is 2.28. The molecule has 1 saturated heterocycles. The number of hydrogen-bond donors (Lipinski definition) is 1. The standard InChI is InChI=1S/C20H28N4O5/c1-12(2)18-22-23-19(29-18)13-6-8-24(9-7-13)20(25)21-14-10-15(26-3)17(28-5)16(11-14)27-4/h10-13H,6-9H2,1-5H3,(H,21,25). The summed E-state index contributed by atoms with van der Waals surface area (Å²) in [6, 6.07) is 3.24. The average molecular weight is 404 g/mol. The van der Waals surface area contributed by atoms with Crippen molar-refractivity contribution in [2.24, 2.45) is 0 Å². The van der Waals surface area contributed by atoms with Crippen LogP contribution in [0, 0.1) is 0 Å². The lowest BCUT2D eigenvalue weighted by atomic mass is 9.97. The van der Waals surface area contributed by atoms with Gasteiger partial charge in [-0.25, -0.2) is 4.79 Å². The molecule has 1 N–H and O–H groups in total. The minimum Gasteiger partial charge on any atom is -0.493 e. The Labute approximate surface area is 170 Å².